The Balaban J connectivity index is 0.850. The summed E-state index contributed by atoms with van der Waals surface area (Å²) < 4.78 is 0. The number of thiazole rings is 2. The summed E-state index contributed by atoms with van der Waals surface area (Å²) in [7, 11) is 0. The standard InChI is InChI=1S/C46H45N5O3S2/c52-41(27-30-9-3-1-4-10-30)50-25-7-13-37(50)44-47-28-39(55-44)33-19-15-31(16-20-33)32-17-21-34(22-18-32)40-29-48-45(56-40)38-14-8-26-51(38)46(54)42(35-11-5-2-6-12-35)49-43(53)36-23-24-36/h1-5,9-11,15-22,28-29,36-38,42H,6-8,12-14,23-27H2,(H,49,53)/t37-,38-,42+/m1/s1. The lowest BCUT2D eigenvalue weighted by molar-refractivity contribution is -0.136. The maximum atomic E-state index is 14.1. The molecular weight excluding hydrogens is 735 g/mol. The van der Waals surface area contributed by atoms with Crippen molar-refractivity contribution in [3.63, 3.8) is 0 Å². The van der Waals surface area contributed by atoms with Gasteiger partial charge in [-0.05, 0) is 84.8 Å². The normalized spacial score (nSPS) is 19.9. The molecule has 0 radical (unpaired) electrons. The minimum atomic E-state index is -0.612. The molecule has 2 saturated heterocycles. The van der Waals surface area contributed by atoms with Gasteiger partial charge in [0.15, 0.2) is 0 Å². The lowest BCUT2D eigenvalue weighted by Crippen LogP contribution is -2.50. The highest BCUT2D eigenvalue weighted by Crippen LogP contribution is 2.40. The van der Waals surface area contributed by atoms with E-state index in [0.29, 0.717) is 13.0 Å². The first-order valence-electron chi connectivity index (χ1n) is 19.9. The zero-order valence-corrected chi connectivity index (χ0v) is 32.9. The van der Waals surface area contributed by atoms with Crippen molar-refractivity contribution in [1.29, 1.82) is 0 Å². The number of carbonyl (C=O) groups excluding carboxylic acids is 3. The fraction of sp³-hybridized carbons (Fsp3) is 0.326. The first-order valence-corrected chi connectivity index (χ1v) is 21.5. The number of likely N-dealkylation sites (tertiary alicyclic amines) is 2. The summed E-state index contributed by atoms with van der Waals surface area (Å²) in [6.45, 7) is 1.45. The number of amides is 3. The predicted octanol–water partition coefficient (Wildman–Crippen LogP) is 9.34. The SMILES string of the molecule is O=C(N[C@H](C(=O)N1CCC[C@@H]1c1ncc(-c2ccc(-c3ccc(-c4cnc([C@H]5CCCN5C(=O)Cc5ccccc5)s4)cc3)cc2)s1)C1=CC=CCC1)C1CC1. The summed E-state index contributed by atoms with van der Waals surface area (Å²) in [5, 5.41) is 5.07. The second kappa shape index (κ2) is 16.1. The van der Waals surface area contributed by atoms with Crippen molar-refractivity contribution < 1.29 is 14.4 Å². The summed E-state index contributed by atoms with van der Waals surface area (Å²) >= 11 is 3.33. The molecule has 0 bridgehead atoms. The van der Waals surface area contributed by atoms with Gasteiger partial charge in [0, 0.05) is 31.4 Å². The second-order valence-corrected chi connectivity index (χ2v) is 17.4. The van der Waals surface area contributed by atoms with Crippen LogP contribution in [0.5, 0.6) is 0 Å². The average Bonchev–Trinajstić information content (AvgIpc) is 3.69. The van der Waals surface area contributed by atoms with E-state index in [1.807, 2.05) is 64.7 Å². The van der Waals surface area contributed by atoms with Gasteiger partial charge in [-0.3, -0.25) is 14.4 Å². The molecule has 0 unspecified atom stereocenters. The number of rotatable bonds is 11. The Morgan fingerprint density at radius 1 is 0.714 bits per heavy atom. The van der Waals surface area contributed by atoms with Crippen molar-refractivity contribution in [2.24, 2.45) is 5.92 Å². The highest BCUT2D eigenvalue weighted by atomic mass is 32.1. The number of allylic oxidation sites excluding steroid dienone is 3. The summed E-state index contributed by atoms with van der Waals surface area (Å²) in [4.78, 5) is 56.0. The van der Waals surface area contributed by atoms with E-state index in [0.717, 1.165) is 111 Å². The van der Waals surface area contributed by atoms with E-state index >= 15 is 0 Å². The van der Waals surface area contributed by atoms with Crippen LogP contribution in [0.25, 0.3) is 32.0 Å². The monoisotopic (exact) mass is 779 g/mol. The van der Waals surface area contributed by atoms with Gasteiger partial charge in [-0.25, -0.2) is 9.97 Å². The molecule has 3 amide bonds. The van der Waals surface area contributed by atoms with Crippen LogP contribution in [0.15, 0.2) is 115 Å². The maximum absolute atomic E-state index is 14.1. The molecule has 2 aromatic heterocycles. The van der Waals surface area contributed by atoms with Gasteiger partial charge < -0.3 is 15.1 Å². The molecule has 2 aliphatic carbocycles. The zero-order chi connectivity index (χ0) is 38.0. The van der Waals surface area contributed by atoms with E-state index in [-0.39, 0.29) is 35.7 Å². The van der Waals surface area contributed by atoms with Crippen LogP contribution in [0.4, 0.5) is 0 Å². The third-order valence-electron chi connectivity index (χ3n) is 11.5. The fourth-order valence-electron chi connectivity index (χ4n) is 8.23. The van der Waals surface area contributed by atoms with Crippen LogP contribution in [0, 0.1) is 5.92 Å². The molecule has 56 heavy (non-hydrogen) atoms. The van der Waals surface area contributed by atoms with Gasteiger partial charge >= 0.3 is 0 Å². The molecule has 10 heteroatoms. The smallest absolute Gasteiger partial charge is 0.250 e. The van der Waals surface area contributed by atoms with E-state index in [2.05, 4.69) is 59.9 Å². The summed E-state index contributed by atoms with van der Waals surface area (Å²) in [6.07, 6.45) is 17.6. The molecule has 2 aliphatic heterocycles. The Bertz CT molecular complexity index is 2270. The number of carbonyl (C=O) groups is 3. The van der Waals surface area contributed by atoms with Gasteiger partial charge in [-0.15, -0.1) is 22.7 Å². The Hall–Kier alpha value is -5.19. The Morgan fingerprint density at radius 3 is 1.86 bits per heavy atom. The molecule has 3 aromatic carbocycles. The summed E-state index contributed by atoms with van der Waals surface area (Å²) in [5.41, 5.74) is 6.52. The lowest BCUT2D eigenvalue weighted by Gasteiger charge is -2.30. The van der Waals surface area contributed by atoms with Crippen LogP contribution in [0.3, 0.4) is 0 Å². The highest BCUT2D eigenvalue weighted by molar-refractivity contribution is 7.15. The summed E-state index contributed by atoms with van der Waals surface area (Å²) in [5.74, 6) is 0.195. The zero-order valence-electron chi connectivity index (χ0n) is 31.3. The number of hydrogen-bond acceptors (Lipinski definition) is 7. The van der Waals surface area contributed by atoms with Crippen LogP contribution in [-0.2, 0) is 20.8 Å². The molecule has 9 rings (SSSR count). The third kappa shape index (κ3) is 7.77. The van der Waals surface area contributed by atoms with E-state index in [9.17, 15) is 14.4 Å². The molecule has 1 saturated carbocycles. The van der Waals surface area contributed by atoms with Gasteiger partial charge in [-0.2, -0.15) is 0 Å². The van der Waals surface area contributed by atoms with Crippen LogP contribution in [0.1, 0.15) is 79.0 Å². The summed E-state index contributed by atoms with van der Waals surface area (Å²) in [6, 6.07) is 26.5. The lowest BCUT2D eigenvalue weighted by atomic mass is 9.96. The molecule has 1 N–H and O–H groups in total. The van der Waals surface area contributed by atoms with Crippen molar-refractivity contribution in [3.8, 4) is 32.0 Å². The average molecular weight is 780 g/mol. The number of nitrogens with zero attached hydrogens (tertiary/aromatic N) is 4. The van der Waals surface area contributed by atoms with Crippen LogP contribution in [0.2, 0.25) is 0 Å². The second-order valence-electron chi connectivity index (χ2n) is 15.3. The molecule has 0 spiro atoms. The van der Waals surface area contributed by atoms with Crippen molar-refractivity contribution in [2.75, 3.05) is 13.1 Å². The van der Waals surface area contributed by atoms with Gasteiger partial charge in [0.25, 0.3) is 0 Å². The van der Waals surface area contributed by atoms with Gasteiger partial charge in [0.05, 0.1) is 28.3 Å². The molecular formula is C46H45N5O3S2. The van der Waals surface area contributed by atoms with Crippen LogP contribution in [-0.4, -0.2) is 56.6 Å². The van der Waals surface area contributed by atoms with E-state index in [1.165, 1.54) is 0 Å². The first kappa shape index (κ1) is 36.4. The quantitative estimate of drug-likeness (QED) is 0.144. The van der Waals surface area contributed by atoms with Crippen molar-refractivity contribution in [2.45, 2.75) is 75.9 Å². The first-order chi connectivity index (χ1) is 27.5. The van der Waals surface area contributed by atoms with Gasteiger partial charge in [0.1, 0.15) is 16.1 Å². The Labute approximate surface area is 336 Å². The third-order valence-corrected chi connectivity index (χ3v) is 13.8. The molecule has 8 nitrogen and oxygen atoms in total. The number of aromatic nitrogens is 2. The molecule has 3 atom stereocenters. The highest BCUT2D eigenvalue weighted by Gasteiger charge is 2.40. The Kier molecular flexibility index (Phi) is 10.5. The van der Waals surface area contributed by atoms with E-state index in [4.69, 9.17) is 9.97 Å². The van der Waals surface area contributed by atoms with Gasteiger partial charge in [0.2, 0.25) is 17.7 Å². The minimum absolute atomic E-state index is 0.000102. The number of hydrogen-bond donors (Lipinski definition) is 1. The number of benzene rings is 3. The molecule has 5 aromatic rings. The fourth-order valence-corrected chi connectivity index (χ4v) is 10.4. The molecule has 284 valence electrons. The number of nitrogens with one attached hydrogen (secondary N) is 1. The predicted molar refractivity (Wildman–Crippen MR) is 223 cm³/mol. The van der Waals surface area contributed by atoms with Crippen LogP contribution < -0.4 is 5.32 Å². The largest absolute Gasteiger partial charge is 0.341 e. The van der Waals surface area contributed by atoms with Crippen molar-refractivity contribution in [3.05, 3.63) is 131 Å². The van der Waals surface area contributed by atoms with E-state index in [1.54, 1.807) is 22.7 Å². The minimum Gasteiger partial charge on any atom is -0.341 e. The van der Waals surface area contributed by atoms with E-state index < -0.39 is 6.04 Å². The maximum Gasteiger partial charge on any atom is 0.250 e. The van der Waals surface area contributed by atoms with Crippen molar-refractivity contribution in [1.82, 2.24) is 25.1 Å². The topological polar surface area (TPSA) is 95.5 Å². The van der Waals surface area contributed by atoms with Crippen LogP contribution >= 0.6 is 22.7 Å². The molecule has 3 fully saturated rings. The Morgan fingerprint density at radius 2 is 1.29 bits per heavy atom. The van der Waals surface area contributed by atoms with Crippen molar-refractivity contribution >= 4 is 40.4 Å². The van der Waals surface area contributed by atoms with Gasteiger partial charge in [-0.1, -0.05) is 97.1 Å². The molecule has 4 aliphatic rings. The molecule has 4 heterocycles.